The van der Waals surface area contributed by atoms with E-state index in [0.29, 0.717) is 19.6 Å². The highest BCUT2D eigenvalue weighted by Crippen LogP contribution is 2.41. The molecule has 2 aliphatic heterocycles. The molecule has 0 atom stereocenters. The van der Waals surface area contributed by atoms with E-state index in [2.05, 4.69) is 10.00 Å². The van der Waals surface area contributed by atoms with E-state index >= 15 is 0 Å². The number of amides is 1. The van der Waals surface area contributed by atoms with Gasteiger partial charge in [-0.05, 0) is 61.4 Å². The lowest BCUT2D eigenvalue weighted by molar-refractivity contribution is -0.138. The molecule has 0 radical (unpaired) electrons. The smallest absolute Gasteiger partial charge is 0.323 e. The Morgan fingerprint density at radius 2 is 1.78 bits per heavy atom. The van der Waals surface area contributed by atoms with Gasteiger partial charge in [0.15, 0.2) is 5.78 Å². The summed E-state index contributed by atoms with van der Waals surface area (Å²) in [4.78, 5) is 28.2. The molecule has 1 aromatic heterocycles. The highest BCUT2D eigenvalue weighted by molar-refractivity contribution is 5.92. The lowest BCUT2D eigenvalue weighted by Crippen LogP contribution is -2.45. The molecule has 9 heteroatoms. The molecule has 2 aromatic rings. The van der Waals surface area contributed by atoms with Crippen LogP contribution >= 0.6 is 0 Å². The Morgan fingerprint density at radius 3 is 2.38 bits per heavy atom. The van der Waals surface area contributed by atoms with Crippen molar-refractivity contribution in [3.63, 3.8) is 0 Å². The first kappa shape index (κ1) is 22.5. The van der Waals surface area contributed by atoms with E-state index < -0.39 is 11.7 Å². The van der Waals surface area contributed by atoms with Gasteiger partial charge in [0, 0.05) is 39.3 Å². The van der Waals surface area contributed by atoms with Crippen molar-refractivity contribution in [2.75, 3.05) is 26.2 Å². The van der Waals surface area contributed by atoms with E-state index in [9.17, 15) is 22.8 Å². The minimum absolute atomic E-state index is 0.131. The summed E-state index contributed by atoms with van der Waals surface area (Å²) in [6, 6.07) is 5.70. The van der Waals surface area contributed by atoms with Gasteiger partial charge < -0.3 is 4.90 Å². The van der Waals surface area contributed by atoms with Crippen LogP contribution in [-0.4, -0.2) is 57.6 Å². The molecule has 0 bridgehead atoms. The fourth-order valence-corrected chi connectivity index (χ4v) is 4.91. The largest absolute Gasteiger partial charge is 0.416 e. The van der Waals surface area contributed by atoms with Gasteiger partial charge in [-0.2, -0.15) is 23.0 Å². The topological polar surface area (TPSA) is 58.4 Å². The summed E-state index contributed by atoms with van der Waals surface area (Å²) in [5, 5.41) is 4.06. The third-order valence-corrected chi connectivity index (χ3v) is 6.76. The zero-order chi connectivity index (χ0) is 23.1. The average molecular weight is 448 g/mol. The van der Waals surface area contributed by atoms with Crippen molar-refractivity contribution in [1.29, 1.82) is 0 Å². The highest BCUT2D eigenvalue weighted by atomic mass is 19.4. The Kier molecular flexibility index (Phi) is 5.87. The van der Waals surface area contributed by atoms with Crippen molar-refractivity contribution in [3.05, 3.63) is 52.8 Å². The molecule has 0 unspecified atom stereocenters. The number of hydrogen-bond donors (Lipinski definition) is 0. The summed E-state index contributed by atoms with van der Waals surface area (Å²) >= 11 is 0. The van der Waals surface area contributed by atoms with Gasteiger partial charge in [0.2, 0.25) is 0 Å². The maximum absolute atomic E-state index is 13.0. The molecule has 0 aliphatic carbocycles. The van der Waals surface area contributed by atoms with Crippen LogP contribution in [0.25, 0.3) is 0 Å². The molecule has 6 nitrogen and oxygen atoms in total. The normalized spacial score (nSPS) is 19.0. The number of nitrogens with zero attached hydrogens (tertiary/aromatic N) is 4. The molecular formula is C23H27F3N4O2. The number of rotatable bonds is 3. The zero-order valence-corrected chi connectivity index (χ0v) is 18.3. The molecule has 3 heterocycles. The molecule has 4 rings (SSSR count). The maximum Gasteiger partial charge on any atom is 0.416 e. The van der Waals surface area contributed by atoms with E-state index in [-0.39, 0.29) is 28.5 Å². The minimum Gasteiger partial charge on any atom is -0.323 e. The minimum atomic E-state index is -4.32. The van der Waals surface area contributed by atoms with Gasteiger partial charge in [-0.25, -0.2) is 4.79 Å². The number of carbonyl (C=O) groups is 2. The van der Waals surface area contributed by atoms with Crippen molar-refractivity contribution < 1.29 is 22.8 Å². The van der Waals surface area contributed by atoms with Gasteiger partial charge in [0.25, 0.3) is 0 Å². The van der Waals surface area contributed by atoms with Gasteiger partial charge in [0.1, 0.15) is 5.69 Å². The van der Waals surface area contributed by atoms with Gasteiger partial charge in [-0.15, -0.1) is 0 Å². The number of piperidine rings is 1. The van der Waals surface area contributed by atoms with E-state index in [1.165, 1.54) is 30.8 Å². The number of halogens is 3. The second-order valence-corrected chi connectivity index (χ2v) is 9.08. The molecule has 172 valence electrons. The zero-order valence-electron chi connectivity index (χ0n) is 18.3. The van der Waals surface area contributed by atoms with Crippen LogP contribution in [0.5, 0.6) is 0 Å². The third kappa shape index (κ3) is 4.57. The molecular weight excluding hydrogens is 421 g/mol. The number of aromatic nitrogens is 2. The quantitative estimate of drug-likeness (QED) is 0.655. The molecule has 32 heavy (non-hydrogen) atoms. The van der Waals surface area contributed by atoms with E-state index in [0.717, 1.165) is 37.9 Å². The standard InChI is InChI=1S/C23H27F3N4O2/c1-16-13-18(3-4-19(16)23(24,25)26)14-28-10-6-22(15-28)7-11-29(12-8-22)21(32)30-9-5-20(27-30)17(2)31/h3-5,9,13H,6-8,10-12,14-15H2,1-2H3. The van der Waals surface area contributed by atoms with Crippen molar-refractivity contribution in [2.45, 2.75) is 45.8 Å². The lowest BCUT2D eigenvalue weighted by atomic mass is 9.78. The summed E-state index contributed by atoms with van der Waals surface area (Å²) in [5.41, 5.74) is 0.967. The summed E-state index contributed by atoms with van der Waals surface area (Å²) in [5.74, 6) is -0.177. The SMILES string of the molecule is CC(=O)c1ccn(C(=O)N2CCC3(CCN(Cc4ccc(C(F)(F)F)c(C)c4)C3)CC2)n1. The number of hydrogen-bond acceptors (Lipinski definition) is 4. The van der Waals surface area contributed by atoms with Crippen LogP contribution in [0.3, 0.4) is 0 Å². The molecule has 0 saturated carbocycles. The summed E-state index contributed by atoms with van der Waals surface area (Å²) in [6.45, 7) is 6.58. The van der Waals surface area contributed by atoms with Crippen LogP contribution in [0.1, 0.15) is 53.4 Å². The van der Waals surface area contributed by atoms with E-state index in [1.54, 1.807) is 23.1 Å². The van der Waals surface area contributed by atoms with Crippen LogP contribution in [0.15, 0.2) is 30.5 Å². The Labute approximate surface area is 185 Å². The first-order valence-electron chi connectivity index (χ1n) is 10.8. The molecule has 2 saturated heterocycles. The van der Waals surface area contributed by atoms with Gasteiger partial charge >= 0.3 is 12.2 Å². The second-order valence-electron chi connectivity index (χ2n) is 9.08. The van der Waals surface area contributed by atoms with Crippen LogP contribution in [0.4, 0.5) is 18.0 Å². The number of likely N-dealkylation sites (tertiary alicyclic amines) is 2. The van der Waals surface area contributed by atoms with Crippen LogP contribution in [0.2, 0.25) is 0 Å². The van der Waals surface area contributed by atoms with Crippen molar-refractivity contribution in [2.24, 2.45) is 5.41 Å². The number of carbonyl (C=O) groups excluding carboxylic acids is 2. The number of aryl methyl sites for hydroxylation is 1. The lowest BCUT2D eigenvalue weighted by Gasteiger charge is -2.39. The van der Waals surface area contributed by atoms with Crippen LogP contribution in [0, 0.1) is 12.3 Å². The van der Waals surface area contributed by atoms with E-state index in [4.69, 9.17) is 0 Å². The molecule has 1 aromatic carbocycles. The first-order chi connectivity index (χ1) is 15.1. The number of benzene rings is 1. The predicted octanol–water partition coefficient (Wildman–Crippen LogP) is 4.37. The van der Waals surface area contributed by atoms with E-state index in [1.807, 2.05) is 0 Å². The number of Topliss-reactive ketones (excluding diaryl/α,β-unsaturated/α-hetero) is 1. The third-order valence-electron chi connectivity index (χ3n) is 6.76. The van der Waals surface area contributed by atoms with Gasteiger partial charge in [0.05, 0.1) is 5.56 Å². The van der Waals surface area contributed by atoms with Crippen molar-refractivity contribution in [1.82, 2.24) is 19.6 Å². The fraction of sp³-hybridized carbons (Fsp3) is 0.522. The van der Waals surface area contributed by atoms with Crippen molar-refractivity contribution >= 4 is 11.8 Å². The van der Waals surface area contributed by atoms with Gasteiger partial charge in [-0.3, -0.25) is 9.69 Å². The number of alkyl halides is 3. The van der Waals surface area contributed by atoms with Gasteiger partial charge in [-0.1, -0.05) is 12.1 Å². The fourth-order valence-electron chi connectivity index (χ4n) is 4.91. The molecule has 2 fully saturated rings. The Morgan fingerprint density at radius 1 is 1.09 bits per heavy atom. The maximum atomic E-state index is 13.0. The molecule has 1 amide bonds. The van der Waals surface area contributed by atoms with Crippen molar-refractivity contribution in [3.8, 4) is 0 Å². The monoisotopic (exact) mass is 448 g/mol. The molecule has 1 spiro atoms. The Bertz CT molecular complexity index is 1020. The summed E-state index contributed by atoms with van der Waals surface area (Å²) in [6.07, 6.45) is -0.0303. The molecule has 2 aliphatic rings. The average Bonchev–Trinajstić information content (AvgIpc) is 3.35. The second kappa shape index (κ2) is 8.35. The van der Waals surface area contributed by atoms with Crippen LogP contribution in [-0.2, 0) is 12.7 Å². The Balaban J connectivity index is 1.33. The number of ketones is 1. The molecule has 0 N–H and O–H groups in total. The predicted molar refractivity (Wildman–Crippen MR) is 112 cm³/mol. The van der Waals surface area contributed by atoms with Crippen LogP contribution < -0.4 is 0 Å². The highest BCUT2D eigenvalue weighted by Gasteiger charge is 2.41. The summed E-state index contributed by atoms with van der Waals surface area (Å²) in [7, 11) is 0. The summed E-state index contributed by atoms with van der Waals surface area (Å²) < 4.78 is 40.2. The Hall–Kier alpha value is -2.68. The first-order valence-corrected chi connectivity index (χ1v) is 10.8.